The molecule has 0 heterocycles. The monoisotopic (exact) mass is 196 g/mol. The average molecular weight is 196 g/mol. The summed E-state index contributed by atoms with van der Waals surface area (Å²) in [7, 11) is 0. The van der Waals surface area contributed by atoms with Gasteiger partial charge in [-0.1, -0.05) is 33.6 Å². The Morgan fingerprint density at radius 1 is 1.21 bits per heavy atom. The fourth-order valence-electron chi connectivity index (χ4n) is 0.962. The van der Waals surface area contributed by atoms with Crippen LogP contribution in [-0.4, -0.2) is 26.2 Å². The van der Waals surface area contributed by atoms with Gasteiger partial charge < -0.3 is 10.6 Å². The molecular weight excluding hydrogens is 172 g/mol. The SMILES string of the molecule is C#CCNCCNCC(C)C(C)(C)C. The minimum atomic E-state index is 0.388. The predicted octanol–water partition coefficient (Wildman–Crippen LogP) is 1.48. The zero-order chi connectivity index (χ0) is 11.0. The lowest BCUT2D eigenvalue weighted by Crippen LogP contribution is -2.34. The van der Waals surface area contributed by atoms with Gasteiger partial charge in [-0.3, -0.25) is 0 Å². The number of hydrogen-bond donors (Lipinski definition) is 2. The Hall–Kier alpha value is -0.520. The first-order chi connectivity index (χ1) is 6.48. The van der Waals surface area contributed by atoms with Crippen LogP contribution < -0.4 is 10.6 Å². The summed E-state index contributed by atoms with van der Waals surface area (Å²) in [5, 5.41) is 6.57. The minimum Gasteiger partial charge on any atom is -0.315 e. The second-order valence-electron chi connectivity index (χ2n) is 4.85. The highest BCUT2D eigenvalue weighted by atomic mass is 14.9. The van der Waals surface area contributed by atoms with Crippen LogP contribution in [0.5, 0.6) is 0 Å². The van der Waals surface area contributed by atoms with Crippen molar-refractivity contribution in [2.45, 2.75) is 27.7 Å². The molecule has 0 aromatic rings. The molecule has 0 fully saturated rings. The molecule has 0 aromatic heterocycles. The Labute approximate surface area is 88.9 Å². The summed E-state index contributed by atoms with van der Waals surface area (Å²) in [6, 6.07) is 0. The maximum absolute atomic E-state index is 5.12. The van der Waals surface area contributed by atoms with Crippen LogP contribution in [0.4, 0.5) is 0 Å². The van der Waals surface area contributed by atoms with Crippen LogP contribution in [0.1, 0.15) is 27.7 Å². The van der Waals surface area contributed by atoms with Crippen molar-refractivity contribution in [2.24, 2.45) is 11.3 Å². The van der Waals surface area contributed by atoms with Gasteiger partial charge in [-0.2, -0.15) is 0 Å². The van der Waals surface area contributed by atoms with Crippen LogP contribution >= 0.6 is 0 Å². The van der Waals surface area contributed by atoms with Crippen molar-refractivity contribution in [2.75, 3.05) is 26.2 Å². The van der Waals surface area contributed by atoms with Crippen LogP contribution in [0, 0.1) is 23.7 Å². The van der Waals surface area contributed by atoms with Crippen LogP contribution in [-0.2, 0) is 0 Å². The third-order valence-corrected chi connectivity index (χ3v) is 2.63. The Morgan fingerprint density at radius 3 is 2.29 bits per heavy atom. The molecule has 0 aromatic carbocycles. The van der Waals surface area contributed by atoms with Gasteiger partial charge in [0.15, 0.2) is 0 Å². The topological polar surface area (TPSA) is 24.1 Å². The lowest BCUT2D eigenvalue weighted by Gasteiger charge is -2.27. The van der Waals surface area contributed by atoms with Crippen LogP contribution in [0.15, 0.2) is 0 Å². The zero-order valence-corrected chi connectivity index (χ0v) is 9.98. The van der Waals surface area contributed by atoms with Crippen molar-refractivity contribution in [3.63, 3.8) is 0 Å². The van der Waals surface area contributed by atoms with Gasteiger partial charge in [-0.15, -0.1) is 6.42 Å². The Bertz CT molecular complexity index is 174. The maximum atomic E-state index is 5.12. The number of rotatable bonds is 6. The van der Waals surface area contributed by atoms with Crippen molar-refractivity contribution in [1.82, 2.24) is 10.6 Å². The summed E-state index contributed by atoms with van der Waals surface area (Å²) >= 11 is 0. The summed E-state index contributed by atoms with van der Waals surface area (Å²) in [5.74, 6) is 3.24. The van der Waals surface area contributed by atoms with Crippen molar-refractivity contribution in [3.8, 4) is 12.3 Å². The number of terminal acetylenes is 1. The maximum Gasteiger partial charge on any atom is 0.0574 e. The van der Waals surface area contributed by atoms with E-state index in [2.05, 4.69) is 44.2 Å². The highest BCUT2D eigenvalue weighted by Crippen LogP contribution is 2.24. The first-order valence-corrected chi connectivity index (χ1v) is 5.33. The van der Waals surface area contributed by atoms with Crippen LogP contribution in [0.2, 0.25) is 0 Å². The molecule has 2 nitrogen and oxygen atoms in total. The zero-order valence-electron chi connectivity index (χ0n) is 9.98. The Morgan fingerprint density at radius 2 is 1.79 bits per heavy atom. The van der Waals surface area contributed by atoms with E-state index >= 15 is 0 Å². The van der Waals surface area contributed by atoms with E-state index in [4.69, 9.17) is 6.42 Å². The molecule has 82 valence electrons. The van der Waals surface area contributed by atoms with Crippen molar-refractivity contribution >= 4 is 0 Å². The lowest BCUT2D eigenvalue weighted by atomic mass is 9.82. The van der Waals surface area contributed by atoms with Gasteiger partial charge in [0, 0.05) is 13.1 Å². The van der Waals surface area contributed by atoms with E-state index in [0.717, 1.165) is 19.6 Å². The fraction of sp³-hybridized carbons (Fsp3) is 0.833. The standard InChI is InChI=1S/C12H24N2/c1-6-7-13-8-9-14-10-11(2)12(3,4)5/h1,11,13-14H,7-10H2,2-5H3. The molecule has 1 atom stereocenters. The number of hydrogen-bond acceptors (Lipinski definition) is 2. The van der Waals surface area contributed by atoms with Crippen molar-refractivity contribution in [1.29, 1.82) is 0 Å². The highest BCUT2D eigenvalue weighted by molar-refractivity contribution is 4.86. The van der Waals surface area contributed by atoms with Gasteiger partial charge in [0.05, 0.1) is 6.54 Å². The normalized spacial score (nSPS) is 13.6. The van der Waals surface area contributed by atoms with Crippen molar-refractivity contribution < 1.29 is 0 Å². The molecule has 2 N–H and O–H groups in total. The minimum absolute atomic E-state index is 0.388. The molecule has 1 unspecified atom stereocenters. The average Bonchev–Trinajstić information content (AvgIpc) is 2.09. The molecule has 0 aliphatic rings. The fourth-order valence-corrected chi connectivity index (χ4v) is 0.962. The molecule has 14 heavy (non-hydrogen) atoms. The first kappa shape index (κ1) is 13.5. The highest BCUT2D eigenvalue weighted by Gasteiger charge is 2.18. The predicted molar refractivity (Wildman–Crippen MR) is 63.2 cm³/mol. The van der Waals surface area contributed by atoms with Gasteiger partial charge in [-0.25, -0.2) is 0 Å². The van der Waals surface area contributed by atoms with Crippen LogP contribution in [0.25, 0.3) is 0 Å². The Kier molecular flexibility index (Phi) is 6.61. The summed E-state index contributed by atoms with van der Waals surface area (Å²) in [6.45, 7) is 12.8. The van der Waals surface area contributed by atoms with Crippen LogP contribution in [0.3, 0.4) is 0 Å². The van der Waals surface area contributed by atoms with Gasteiger partial charge in [0.25, 0.3) is 0 Å². The third-order valence-electron chi connectivity index (χ3n) is 2.63. The van der Waals surface area contributed by atoms with Crippen molar-refractivity contribution in [3.05, 3.63) is 0 Å². The third kappa shape index (κ3) is 6.94. The van der Waals surface area contributed by atoms with E-state index in [-0.39, 0.29) is 0 Å². The smallest absolute Gasteiger partial charge is 0.0574 e. The molecule has 0 radical (unpaired) electrons. The molecule has 2 heteroatoms. The lowest BCUT2D eigenvalue weighted by molar-refractivity contribution is 0.253. The van der Waals surface area contributed by atoms with Gasteiger partial charge in [-0.05, 0) is 17.9 Å². The summed E-state index contributed by atoms with van der Waals surface area (Å²) in [5.41, 5.74) is 0.388. The molecule has 0 aliphatic heterocycles. The molecule has 0 amide bonds. The number of nitrogens with one attached hydrogen (secondary N) is 2. The van der Waals surface area contributed by atoms with E-state index in [1.165, 1.54) is 0 Å². The van der Waals surface area contributed by atoms with E-state index in [9.17, 15) is 0 Å². The largest absolute Gasteiger partial charge is 0.315 e. The van der Waals surface area contributed by atoms with E-state index in [1.54, 1.807) is 0 Å². The Balaban J connectivity index is 3.33. The summed E-state index contributed by atoms with van der Waals surface area (Å²) in [6.07, 6.45) is 5.12. The van der Waals surface area contributed by atoms with Gasteiger partial charge >= 0.3 is 0 Å². The van der Waals surface area contributed by atoms with E-state index in [1.807, 2.05) is 0 Å². The summed E-state index contributed by atoms with van der Waals surface area (Å²) in [4.78, 5) is 0. The molecular formula is C12H24N2. The second kappa shape index (κ2) is 6.86. The molecule has 0 spiro atoms. The summed E-state index contributed by atoms with van der Waals surface area (Å²) < 4.78 is 0. The first-order valence-electron chi connectivity index (χ1n) is 5.33. The van der Waals surface area contributed by atoms with E-state index < -0.39 is 0 Å². The molecule has 0 aliphatic carbocycles. The second-order valence-corrected chi connectivity index (χ2v) is 4.85. The quantitative estimate of drug-likeness (QED) is 0.497. The van der Waals surface area contributed by atoms with Gasteiger partial charge in [0.2, 0.25) is 0 Å². The van der Waals surface area contributed by atoms with Gasteiger partial charge in [0.1, 0.15) is 0 Å². The van der Waals surface area contributed by atoms with E-state index in [0.29, 0.717) is 17.9 Å². The molecule has 0 rings (SSSR count). The molecule has 0 saturated carbocycles. The molecule has 0 bridgehead atoms. The molecule has 0 saturated heterocycles.